The molecule has 0 bridgehead atoms. The molecule has 0 aliphatic heterocycles. The van der Waals surface area contributed by atoms with Gasteiger partial charge in [0.1, 0.15) is 29.7 Å². The number of nitrogen functional groups attached to an aromatic ring is 1. The Balaban J connectivity index is 1.80. The molecule has 0 unspecified atom stereocenters. The number of hydroxylamine groups is 1. The first kappa shape index (κ1) is 27.6. The monoisotopic (exact) mass is 512 g/mol. The Hall–Kier alpha value is -3.95. The van der Waals surface area contributed by atoms with Crippen LogP contribution in [0.2, 0.25) is 0 Å². The number of anilines is 1. The number of amides is 2. The predicted molar refractivity (Wildman–Crippen MR) is 133 cm³/mol. The van der Waals surface area contributed by atoms with E-state index in [0.29, 0.717) is 24.0 Å². The molecule has 1 aliphatic carbocycles. The third-order valence-corrected chi connectivity index (χ3v) is 5.06. The number of ether oxygens (including phenoxy) is 2. The fourth-order valence-corrected chi connectivity index (χ4v) is 3.35. The Morgan fingerprint density at radius 3 is 2.54 bits per heavy atom. The summed E-state index contributed by atoms with van der Waals surface area (Å²) in [6.07, 6.45) is 0.0272. The quantitative estimate of drug-likeness (QED) is 0.383. The fraction of sp³-hybridized carbons (Fsp3) is 0.480. The lowest BCUT2D eigenvalue weighted by atomic mass is 9.89. The van der Waals surface area contributed by atoms with Crippen LogP contribution in [0.5, 0.6) is 5.88 Å². The number of nitriles is 1. The third kappa shape index (κ3) is 8.03. The van der Waals surface area contributed by atoms with Gasteiger partial charge < -0.3 is 25.6 Å². The highest BCUT2D eigenvalue weighted by Crippen LogP contribution is 2.31. The molecule has 37 heavy (non-hydrogen) atoms. The number of carbonyl (C=O) groups excluding carboxylic acids is 2. The molecule has 12 heteroatoms. The molecule has 3 rings (SSSR count). The summed E-state index contributed by atoms with van der Waals surface area (Å²) >= 11 is 0. The van der Waals surface area contributed by atoms with E-state index in [4.69, 9.17) is 20.0 Å². The number of nitrogens with one attached hydrogen (secondary N) is 2. The summed E-state index contributed by atoms with van der Waals surface area (Å²) in [4.78, 5) is 38.6. The van der Waals surface area contributed by atoms with Crippen LogP contribution < -0.4 is 21.3 Å². The highest BCUT2D eigenvalue weighted by molar-refractivity contribution is 6.00. The second kappa shape index (κ2) is 11.0. The first-order chi connectivity index (χ1) is 17.2. The molecule has 0 atom stereocenters. The van der Waals surface area contributed by atoms with E-state index in [1.807, 2.05) is 0 Å². The van der Waals surface area contributed by atoms with E-state index in [2.05, 4.69) is 26.8 Å². The second-order valence-electron chi connectivity index (χ2n) is 10.4. The van der Waals surface area contributed by atoms with Gasteiger partial charge in [-0.3, -0.25) is 9.63 Å². The minimum atomic E-state index is -1.17. The smallest absolute Gasteiger partial charge is 0.407 e. The molecule has 198 valence electrons. The van der Waals surface area contributed by atoms with Crippen molar-refractivity contribution in [3.8, 4) is 23.3 Å². The van der Waals surface area contributed by atoms with Gasteiger partial charge in [-0.05, 0) is 46.8 Å². The summed E-state index contributed by atoms with van der Waals surface area (Å²) in [5.74, 6) is -0.817. The van der Waals surface area contributed by atoms with Crippen LogP contribution in [0.15, 0.2) is 24.3 Å². The first-order valence-electron chi connectivity index (χ1n) is 11.7. The number of benzene rings is 1. The predicted octanol–water partition coefficient (Wildman–Crippen LogP) is 2.46. The number of rotatable bonds is 8. The minimum Gasteiger partial charge on any atom is -0.473 e. The van der Waals surface area contributed by atoms with Crippen molar-refractivity contribution in [2.45, 2.75) is 70.8 Å². The first-order valence-corrected chi connectivity index (χ1v) is 11.7. The van der Waals surface area contributed by atoms with E-state index in [0.717, 1.165) is 0 Å². The molecule has 2 aromatic rings. The normalized spacial score (nSPS) is 17.2. The van der Waals surface area contributed by atoms with Crippen molar-refractivity contribution in [2.24, 2.45) is 0 Å². The van der Waals surface area contributed by atoms with Gasteiger partial charge in [-0.25, -0.2) is 15.3 Å². The molecular formula is C25H32N6O6. The van der Waals surface area contributed by atoms with Gasteiger partial charge in [-0.1, -0.05) is 12.1 Å². The van der Waals surface area contributed by atoms with Crippen LogP contribution in [0.3, 0.4) is 0 Å². The largest absolute Gasteiger partial charge is 0.473 e. The number of nitrogens with zero attached hydrogens (tertiary/aromatic N) is 3. The van der Waals surface area contributed by atoms with Gasteiger partial charge in [0.15, 0.2) is 5.82 Å². The van der Waals surface area contributed by atoms with Gasteiger partial charge in [0.25, 0.3) is 5.91 Å². The molecule has 5 N–H and O–H groups in total. The average Bonchev–Trinajstić information content (AvgIpc) is 2.75. The zero-order valence-electron chi connectivity index (χ0n) is 21.5. The Morgan fingerprint density at radius 2 is 1.92 bits per heavy atom. The van der Waals surface area contributed by atoms with Gasteiger partial charge in [0.2, 0.25) is 5.88 Å². The lowest BCUT2D eigenvalue weighted by molar-refractivity contribution is -0.0523. The van der Waals surface area contributed by atoms with Gasteiger partial charge in [0, 0.05) is 24.4 Å². The van der Waals surface area contributed by atoms with Crippen LogP contribution in [0.25, 0.3) is 11.4 Å². The van der Waals surface area contributed by atoms with E-state index < -0.39 is 23.2 Å². The minimum absolute atomic E-state index is 0.0741. The number of carbonyl (C=O) groups is 2. The average molecular weight is 513 g/mol. The van der Waals surface area contributed by atoms with Crippen molar-refractivity contribution >= 4 is 17.8 Å². The van der Waals surface area contributed by atoms with E-state index in [9.17, 15) is 20.0 Å². The fourth-order valence-electron chi connectivity index (χ4n) is 3.35. The molecule has 12 nitrogen and oxygen atoms in total. The highest BCUT2D eigenvalue weighted by atomic mass is 16.7. The maximum absolute atomic E-state index is 12.9. The summed E-state index contributed by atoms with van der Waals surface area (Å²) in [7, 11) is 0. The van der Waals surface area contributed by atoms with Gasteiger partial charge in [0.05, 0.1) is 17.2 Å². The Morgan fingerprint density at radius 1 is 1.22 bits per heavy atom. The molecule has 0 spiro atoms. The van der Waals surface area contributed by atoms with E-state index in [1.54, 1.807) is 45.0 Å². The number of hydrogen-bond acceptors (Lipinski definition) is 10. The molecule has 1 saturated carbocycles. The van der Waals surface area contributed by atoms with Crippen molar-refractivity contribution in [1.82, 2.24) is 20.8 Å². The summed E-state index contributed by atoms with van der Waals surface area (Å²) < 4.78 is 11.3. The van der Waals surface area contributed by atoms with Crippen LogP contribution in [0, 0.1) is 11.3 Å². The summed E-state index contributed by atoms with van der Waals surface area (Å²) in [5, 5.41) is 21.8. The van der Waals surface area contributed by atoms with Crippen LogP contribution in [0.4, 0.5) is 10.6 Å². The summed E-state index contributed by atoms with van der Waals surface area (Å²) in [6, 6.07) is 8.50. The lowest BCUT2D eigenvalue weighted by Crippen LogP contribution is -2.50. The number of alkyl carbamates (subject to hydrolysis) is 1. The van der Waals surface area contributed by atoms with Crippen LogP contribution >= 0.6 is 0 Å². The van der Waals surface area contributed by atoms with E-state index in [1.165, 1.54) is 13.8 Å². The van der Waals surface area contributed by atoms with Crippen molar-refractivity contribution in [3.63, 3.8) is 0 Å². The molecule has 2 amide bonds. The van der Waals surface area contributed by atoms with Crippen molar-refractivity contribution < 1.29 is 29.0 Å². The maximum Gasteiger partial charge on any atom is 0.407 e. The summed E-state index contributed by atoms with van der Waals surface area (Å²) in [5.41, 5.74) is 7.35. The van der Waals surface area contributed by atoms with Gasteiger partial charge >= 0.3 is 6.09 Å². The molecule has 1 aliphatic rings. The molecule has 1 aromatic heterocycles. The number of hydrogen-bond donors (Lipinski definition) is 4. The molecular weight excluding hydrogens is 480 g/mol. The van der Waals surface area contributed by atoms with Gasteiger partial charge in [-0.2, -0.15) is 10.2 Å². The van der Waals surface area contributed by atoms with Crippen molar-refractivity contribution in [2.75, 3.05) is 12.3 Å². The van der Waals surface area contributed by atoms with Crippen LogP contribution in [-0.4, -0.2) is 57.0 Å². The lowest BCUT2D eigenvalue weighted by Gasteiger charge is -2.36. The molecule has 0 saturated heterocycles. The highest BCUT2D eigenvalue weighted by Gasteiger charge is 2.35. The number of aromatic nitrogens is 2. The van der Waals surface area contributed by atoms with Crippen molar-refractivity contribution in [1.29, 1.82) is 5.26 Å². The molecule has 0 radical (unpaired) electrons. The number of aliphatic hydroxyl groups is 1. The topological polar surface area (TPSA) is 182 Å². The number of nitrogens with two attached hydrogens (primary N) is 1. The van der Waals surface area contributed by atoms with Gasteiger partial charge in [-0.15, -0.1) is 0 Å². The zero-order chi connectivity index (χ0) is 27.4. The Labute approximate surface area is 215 Å². The zero-order valence-corrected chi connectivity index (χ0v) is 21.5. The van der Waals surface area contributed by atoms with E-state index in [-0.39, 0.29) is 41.8 Å². The SMILES string of the molecule is CC(C)(O)CONC(=O)c1c(N)nc(-c2cccc(C#N)c2)nc1O[C@H]1C[C@H](NC(=O)OC(C)(C)C)C1. The molecule has 1 fully saturated rings. The van der Waals surface area contributed by atoms with Crippen LogP contribution in [-0.2, 0) is 9.57 Å². The molecule has 1 aromatic carbocycles. The standard InChI is InChI=1S/C25H32N6O6/c1-24(2,3)37-23(33)28-16-10-17(11-16)36-22-18(21(32)31-35-13-25(4,5)34)19(27)29-20(30-22)15-8-6-7-14(9-15)12-26/h6-9,16-17,34H,10-11,13H2,1-5H3,(H,28,33)(H,31,32)(H2,27,29,30)/t16-,17-. The Kier molecular flexibility index (Phi) is 8.20. The van der Waals surface area contributed by atoms with Crippen LogP contribution in [0.1, 0.15) is 63.4 Å². The van der Waals surface area contributed by atoms with Crippen molar-refractivity contribution in [3.05, 3.63) is 35.4 Å². The summed E-state index contributed by atoms with van der Waals surface area (Å²) in [6.45, 7) is 8.21. The maximum atomic E-state index is 12.9. The van der Waals surface area contributed by atoms with E-state index >= 15 is 0 Å². The third-order valence-electron chi connectivity index (χ3n) is 5.06. The Bertz CT molecular complexity index is 1190. The second-order valence-corrected chi connectivity index (χ2v) is 10.4. The molecule has 1 heterocycles.